The number of nitrogens with zero attached hydrogens (tertiary/aromatic N) is 1. The number of carboxylic acids is 1. The molecular formula is C25H32FNO5. The average Bonchev–Trinajstić information content (AvgIpc) is 2.70. The highest BCUT2D eigenvalue weighted by Gasteiger charge is 2.22. The second-order valence-electron chi connectivity index (χ2n) is 8.54. The quantitative estimate of drug-likeness (QED) is 0.436. The van der Waals surface area contributed by atoms with Crippen LogP contribution in [-0.4, -0.2) is 43.6 Å². The highest BCUT2D eigenvalue weighted by Crippen LogP contribution is 2.37. The number of halogens is 1. The van der Waals surface area contributed by atoms with Crippen LogP contribution in [0, 0.1) is 5.82 Å². The molecule has 0 amide bonds. The number of carbonyl (C=O) groups is 1. The van der Waals surface area contributed by atoms with Crippen molar-refractivity contribution in [3.05, 3.63) is 58.7 Å². The van der Waals surface area contributed by atoms with Crippen LogP contribution in [0.2, 0.25) is 0 Å². The van der Waals surface area contributed by atoms with Crippen molar-refractivity contribution < 1.29 is 29.6 Å². The molecule has 0 aliphatic heterocycles. The summed E-state index contributed by atoms with van der Waals surface area (Å²) in [5, 5.41) is 39.2. The summed E-state index contributed by atoms with van der Waals surface area (Å²) in [6.45, 7) is 7.70. The first kappa shape index (κ1) is 25.6. The van der Waals surface area contributed by atoms with Gasteiger partial charge in [0.2, 0.25) is 0 Å². The zero-order valence-electron chi connectivity index (χ0n) is 18.9. The van der Waals surface area contributed by atoms with Crippen LogP contribution in [-0.2, 0) is 11.4 Å². The molecule has 1 aromatic heterocycles. The summed E-state index contributed by atoms with van der Waals surface area (Å²) in [6, 6.07) is 5.99. The van der Waals surface area contributed by atoms with E-state index in [9.17, 15) is 24.5 Å². The second-order valence-corrected chi connectivity index (χ2v) is 8.54. The van der Waals surface area contributed by atoms with Crippen LogP contribution in [0.3, 0.4) is 0 Å². The van der Waals surface area contributed by atoms with Crippen molar-refractivity contribution in [2.24, 2.45) is 0 Å². The molecule has 0 radical (unpaired) electrons. The van der Waals surface area contributed by atoms with Crippen molar-refractivity contribution in [2.45, 2.75) is 71.2 Å². The lowest BCUT2D eigenvalue weighted by atomic mass is 9.87. The summed E-state index contributed by atoms with van der Waals surface area (Å²) in [5.74, 6) is -1.45. The van der Waals surface area contributed by atoms with Gasteiger partial charge >= 0.3 is 5.97 Å². The number of hydrogen-bond acceptors (Lipinski definition) is 5. The zero-order valence-corrected chi connectivity index (χ0v) is 18.9. The van der Waals surface area contributed by atoms with Gasteiger partial charge in [0.15, 0.2) is 0 Å². The van der Waals surface area contributed by atoms with Gasteiger partial charge in [-0.05, 0) is 35.1 Å². The maximum Gasteiger partial charge on any atom is 0.305 e. The number of pyridine rings is 1. The smallest absolute Gasteiger partial charge is 0.305 e. The number of aliphatic carboxylic acids is 1. The van der Waals surface area contributed by atoms with Crippen molar-refractivity contribution >= 4 is 12.0 Å². The monoisotopic (exact) mass is 445 g/mol. The lowest BCUT2D eigenvalue weighted by molar-refractivity contribution is -0.139. The van der Waals surface area contributed by atoms with E-state index >= 15 is 0 Å². The molecule has 1 aromatic carbocycles. The topological polar surface area (TPSA) is 111 Å². The van der Waals surface area contributed by atoms with Crippen molar-refractivity contribution in [3.8, 4) is 11.1 Å². The average molecular weight is 446 g/mol. The maximum atomic E-state index is 13.6. The van der Waals surface area contributed by atoms with E-state index in [1.165, 1.54) is 18.2 Å². The summed E-state index contributed by atoms with van der Waals surface area (Å²) in [7, 11) is 0. The molecule has 0 spiro atoms. The fourth-order valence-corrected chi connectivity index (χ4v) is 3.72. The first-order valence-corrected chi connectivity index (χ1v) is 10.7. The van der Waals surface area contributed by atoms with Gasteiger partial charge in [-0.3, -0.25) is 9.78 Å². The van der Waals surface area contributed by atoms with Crippen LogP contribution in [0.15, 0.2) is 30.3 Å². The Hall–Kier alpha value is -2.61. The molecule has 1 heterocycles. The van der Waals surface area contributed by atoms with E-state index < -0.39 is 24.6 Å². The van der Waals surface area contributed by atoms with Crippen LogP contribution < -0.4 is 0 Å². The molecule has 7 heteroatoms. The summed E-state index contributed by atoms with van der Waals surface area (Å²) in [5.41, 5.74) is 4.26. The van der Waals surface area contributed by atoms with Crippen molar-refractivity contribution in [1.82, 2.24) is 4.98 Å². The second kappa shape index (κ2) is 11.3. The Labute approximate surface area is 188 Å². The third kappa shape index (κ3) is 6.45. The molecule has 2 aromatic rings. The van der Waals surface area contributed by atoms with E-state index in [4.69, 9.17) is 10.1 Å². The van der Waals surface area contributed by atoms with Crippen LogP contribution in [0.4, 0.5) is 4.39 Å². The summed E-state index contributed by atoms with van der Waals surface area (Å²) < 4.78 is 13.6. The Morgan fingerprint density at radius 1 is 1.06 bits per heavy atom. The fourth-order valence-electron chi connectivity index (χ4n) is 3.72. The van der Waals surface area contributed by atoms with Gasteiger partial charge < -0.3 is 20.4 Å². The van der Waals surface area contributed by atoms with Crippen molar-refractivity contribution in [3.63, 3.8) is 0 Å². The Kier molecular flexibility index (Phi) is 9.07. The molecule has 0 bridgehead atoms. The number of carboxylic acid groups (broad SMARTS) is 1. The minimum atomic E-state index is -1.18. The Morgan fingerprint density at radius 3 is 2.16 bits per heavy atom. The minimum absolute atomic E-state index is 0.0221. The highest BCUT2D eigenvalue weighted by molar-refractivity contribution is 5.80. The third-order valence-electron chi connectivity index (χ3n) is 5.19. The number of hydrogen-bond donors (Lipinski definition) is 4. The largest absolute Gasteiger partial charge is 0.481 e. The Balaban J connectivity index is 2.65. The fraction of sp³-hybridized carbons (Fsp3) is 0.440. The van der Waals surface area contributed by atoms with Crippen LogP contribution in [0.25, 0.3) is 17.2 Å². The number of benzene rings is 1. The van der Waals surface area contributed by atoms with Gasteiger partial charge in [-0.25, -0.2) is 4.39 Å². The minimum Gasteiger partial charge on any atom is -0.481 e. The number of aliphatic hydroxyl groups excluding tert-OH is 3. The van der Waals surface area contributed by atoms with Gasteiger partial charge in [-0.2, -0.15) is 0 Å². The molecule has 0 unspecified atom stereocenters. The highest BCUT2D eigenvalue weighted by atomic mass is 19.1. The van der Waals surface area contributed by atoms with E-state index in [2.05, 4.69) is 0 Å². The maximum absolute atomic E-state index is 13.6. The van der Waals surface area contributed by atoms with Gasteiger partial charge in [-0.15, -0.1) is 0 Å². The van der Waals surface area contributed by atoms with E-state index in [1.807, 2.05) is 27.7 Å². The summed E-state index contributed by atoms with van der Waals surface area (Å²) in [4.78, 5) is 15.6. The third-order valence-corrected chi connectivity index (χ3v) is 5.19. The van der Waals surface area contributed by atoms with E-state index in [0.717, 1.165) is 11.4 Å². The molecular weight excluding hydrogens is 413 g/mol. The Morgan fingerprint density at radius 2 is 1.66 bits per heavy atom. The molecule has 0 aliphatic rings. The molecule has 0 saturated heterocycles. The van der Waals surface area contributed by atoms with Crippen LogP contribution in [0.1, 0.15) is 74.9 Å². The van der Waals surface area contributed by atoms with Crippen LogP contribution in [0.5, 0.6) is 0 Å². The summed E-state index contributed by atoms with van der Waals surface area (Å²) in [6.07, 6.45) is 0.327. The SMILES string of the molecule is CC(C)c1nc(C(C)C)c(CO)c(-c2ccc(F)cc2)c1/C=C/[C@@H](O)C[C@@H](O)CC(=O)O. The summed E-state index contributed by atoms with van der Waals surface area (Å²) >= 11 is 0. The molecule has 32 heavy (non-hydrogen) atoms. The standard InChI is InChI=1S/C25H32FNO5/c1-14(2)24-20(10-9-18(29)11-19(30)12-22(31)32)23(16-5-7-17(26)8-6-16)21(13-28)25(27-24)15(3)4/h5-10,14-15,18-19,28-30H,11-13H2,1-4H3,(H,31,32)/b10-9+/t18-,19-/m1/s1. The predicted molar refractivity (Wildman–Crippen MR) is 122 cm³/mol. The molecule has 0 saturated carbocycles. The van der Waals surface area contributed by atoms with E-state index in [-0.39, 0.29) is 30.7 Å². The normalized spacial score (nSPS) is 13.8. The van der Waals surface area contributed by atoms with E-state index in [0.29, 0.717) is 22.3 Å². The molecule has 0 aliphatic carbocycles. The first-order valence-electron chi connectivity index (χ1n) is 10.7. The lowest BCUT2D eigenvalue weighted by Gasteiger charge is -2.23. The molecule has 4 N–H and O–H groups in total. The number of rotatable bonds is 10. The molecule has 6 nitrogen and oxygen atoms in total. The van der Waals surface area contributed by atoms with Gasteiger partial charge in [-0.1, -0.05) is 52.0 Å². The Bertz CT molecular complexity index is 954. The van der Waals surface area contributed by atoms with Crippen molar-refractivity contribution in [2.75, 3.05) is 0 Å². The number of aliphatic hydroxyl groups is 3. The van der Waals surface area contributed by atoms with Crippen LogP contribution >= 0.6 is 0 Å². The number of aromatic nitrogens is 1. The van der Waals surface area contributed by atoms with Gasteiger partial charge in [0.1, 0.15) is 5.82 Å². The van der Waals surface area contributed by atoms with Gasteiger partial charge in [0.25, 0.3) is 0 Å². The van der Waals surface area contributed by atoms with Gasteiger partial charge in [0.05, 0.1) is 30.9 Å². The molecule has 0 fully saturated rings. The first-order chi connectivity index (χ1) is 15.0. The van der Waals surface area contributed by atoms with E-state index in [1.54, 1.807) is 18.2 Å². The lowest BCUT2D eigenvalue weighted by Crippen LogP contribution is -2.19. The molecule has 2 rings (SSSR count). The van der Waals surface area contributed by atoms with Crippen molar-refractivity contribution in [1.29, 1.82) is 0 Å². The molecule has 2 atom stereocenters. The molecule has 174 valence electrons. The zero-order chi connectivity index (χ0) is 24.0. The van der Waals surface area contributed by atoms with Gasteiger partial charge in [0, 0.05) is 23.2 Å². The predicted octanol–water partition coefficient (Wildman–Crippen LogP) is 4.23.